The lowest BCUT2D eigenvalue weighted by Gasteiger charge is -2.21. The van der Waals surface area contributed by atoms with Gasteiger partial charge in [0.2, 0.25) is 0 Å². The summed E-state index contributed by atoms with van der Waals surface area (Å²) in [7, 11) is 0. The molecule has 70 valence electrons. The molecule has 0 radical (unpaired) electrons. The first kappa shape index (κ1) is 8.95. The van der Waals surface area contributed by atoms with Crippen LogP contribution in [0.3, 0.4) is 0 Å². The normalized spacial score (nSPS) is 18.8. The summed E-state index contributed by atoms with van der Waals surface area (Å²) in [5, 5.41) is 0. The van der Waals surface area contributed by atoms with Crippen molar-refractivity contribution in [1.29, 1.82) is 0 Å². The highest BCUT2D eigenvalue weighted by Gasteiger charge is 2.14. The standard InChI is InChI=1S/C11H15NS/c12-11-3-1-9(2-4-11)10-5-7-13-8-6-10/h1-4,10H,5-8,12H2. The van der Waals surface area contributed by atoms with E-state index in [1.807, 2.05) is 12.1 Å². The predicted octanol–water partition coefficient (Wildman–Crippen LogP) is 2.88. The summed E-state index contributed by atoms with van der Waals surface area (Å²) in [5.74, 6) is 3.41. The number of benzene rings is 1. The van der Waals surface area contributed by atoms with Crippen LogP contribution in [0.2, 0.25) is 0 Å². The molecule has 1 aromatic rings. The van der Waals surface area contributed by atoms with Gasteiger partial charge in [-0.25, -0.2) is 0 Å². The van der Waals surface area contributed by atoms with E-state index < -0.39 is 0 Å². The van der Waals surface area contributed by atoms with Crippen molar-refractivity contribution in [3.8, 4) is 0 Å². The van der Waals surface area contributed by atoms with Crippen LogP contribution < -0.4 is 5.73 Å². The lowest BCUT2D eigenvalue weighted by atomic mass is 9.93. The van der Waals surface area contributed by atoms with Gasteiger partial charge in [0, 0.05) is 5.69 Å². The third kappa shape index (κ3) is 2.19. The van der Waals surface area contributed by atoms with Crippen LogP contribution in [0.15, 0.2) is 24.3 Å². The molecular formula is C11H15NS. The Bertz CT molecular complexity index is 262. The van der Waals surface area contributed by atoms with E-state index in [2.05, 4.69) is 23.9 Å². The number of thioether (sulfide) groups is 1. The molecule has 1 heterocycles. The molecule has 0 unspecified atom stereocenters. The van der Waals surface area contributed by atoms with Gasteiger partial charge in [-0.1, -0.05) is 12.1 Å². The third-order valence-electron chi connectivity index (χ3n) is 2.63. The highest BCUT2D eigenvalue weighted by Crippen LogP contribution is 2.31. The van der Waals surface area contributed by atoms with E-state index in [1.54, 1.807) is 0 Å². The van der Waals surface area contributed by atoms with Crippen molar-refractivity contribution < 1.29 is 0 Å². The molecule has 0 aliphatic carbocycles. The van der Waals surface area contributed by atoms with Crippen LogP contribution in [0, 0.1) is 0 Å². The second kappa shape index (κ2) is 4.05. The zero-order chi connectivity index (χ0) is 9.10. The summed E-state index contributed by atoms with van der Waals surface area (Å²) < 4.78 is 0. The molecule has 2 N–H and O–H groups in total. The van der Waals surface area contributed by atoms with Crippen molar-refractivity contribution in [1.82, 2.24) is 0 Å². The minimum absolute atomic E-state index is 0.779. The smallest absolute Gasteiger partial charge is 0.0314 e. The Labute approximate surface area is 83.7 Å². The average molecular weight is 193 g/mol. The summed E-state index contributed by atoms with van der Waals surface area (Å²) in [5.41, 5.74) is 7.99. The van der Waals surface area contributed by atoms with Gasteiger partial charge in [0.05, 0.1) is 0 Å². The predicted molar refractivity (Wildman–Crippen MR) is 60.2 cm³/mol. The van der Waals surface area contributed by atoms with E-state index >= 15 is 0 Å². The van der Waals surface area contributed by atoms with Crippen LogP contribution in [0.5, 0.6) is 0 Å². The first-order valence-electron chi connectivity index (χ1n) is 4.79. The number of anilines is 1. The quantitative estimate of drug-likeness (QED) is 0.694. The van der Waals surface area contributed by atoms with Gasteiger partial charge in [-0.05, 0) is 48.0 Å². The molecule has 13 heavy (non-hydrogen) atoms. The van der Waals surface area contributed by atoms with Gasteiger partial charge in [-0.15, -0.1) is 0 Å². The number of hydrogen-bond acceptors (Lipinski definition) is 2. The van der Waals surface area contributed by atoms with Gasteiger partial charge >= 0.3 is 0 Å². The lowest BCUT2D eigenvalue weighted by molar-refractivity contribution is 0.637. The molecule has 0 aromatic heterocycles. The van der Waals surface area contributed by atoms with Gasteiger partial charge in [0.15, 0.2) is 0 Å². The number of hydrogen-bond donors (Lipinski definition) is 1. The Morgan fingerprint density at radius 2 is 1.69 bits per heavy atom. The van der Waals surface area contributed by atoms with Gasteiger partial charge in [0.25, 0.3) is 0 Å². The summed E-state index contributed by atoms with van der Waals surface area (Å²) >= 11 is 2.07. The van der Waals surface area contributed by atoms with Crippen molar-refractivity contribution >= 4 is 17.4 Å². The molecule has 1 fully saturated rings. The second-order valence-corrected chi connectivity index (χ2v) is 4.78. The van der Waals surface area contributed by atoms with Gasteiger partial charge < -0.3 is 5.73 Å². The molecule has 1 aliphatic heterocycles. The largest absolute Gasteiger partial charge is 0.399 e. The fourth-order valence-corrected chi connectivity index (χ4v) is 2.91. The van der Waals surface area contributed by atoms with Gasteiger partial charge in [-0.3, -0.25) is 0 Å². The zero-order valence-corrected chi connectivity index (χ0v) is 8.52. The van der Waals surface area contributed by atoms with Crippen LogP contribution in [0.25, 0.3) is 0 Å². The van der Waals surface area contributed by atoms with Crippen LogP contribution in [-0.4, -0.2) is 11.5 Å². The lowest BCUT2D eigenvalue weighted by Crippen LogP contribution is -2.07. The van der Waals surface area contributed by atoms with E-state index in [4.69, 9.17) is 5.73 Å². The summed E-state index contributed by atoms with van der Waals surface area (Å²) in [6.07, 6.45) is 2.66. The molecule has 2 heteroatoms. The third-order valence-corrected chi connectivity index (χ3v) is 3.68. The van der Waals surface area contributed by atoms with E-state index in [1.165, 1.54) is 29.9 Å². The highest BCUT2D eigenvalue weighted by molar-refractivity contribution is 7.99. The topological polar surface area (TPSA) is 26.0 Å². The zero-order valence-electron chi connectivity index (χ0n) is 7.70. The molecule has 1 nitrogen and oxygen atoms in total. The Balaban J connectivity index is 2.10. The molecular weight excluding hydrogens is 178 g/mol. The summed E-state index contributed by atoms with van der Waals surface area (Å²) in [6.45, 7) is 0. The van der Waals surface area contributed by atoms with E-state index in [9.17, 15) is 0 Å². The van der Waals surface area contributed by atoms with Crippen molar-refractivity contribution in [3.05, 3.63) is 29.8 Å². The van der Waals surface area contributed by atoms with Crippen LogP contribution in [0.1, 0.15) is 24.3 Å². The fraction of sp³-hybridized carbons (Fsp3) is 0.455. The SMILES string of the molecule is Nc1ccc(C2CCSCC2)cc1. The highest BCUT2D eigenvalue weighted by atomic mass is 32.2. The van der Waals surface area contributed by atoms with Crippen molar-refractivity contribution in [2.75, 3.05) is 17.2 Å². The molecule has 1 aliphatic rings. The van der Waals surface area contributed by atoms with E-state index in [-0.39, 0.29) is 0 Å². The molecule has 0 amide bonds. The molecule has 2 rings (SSSR count). The molecule has 0 spiro atoms. The number of nitrogens with two attached hydrogens (primary N) is 1. The van der Waals surface area contributed by atoms with Gasteiger partial charge in [0.1, 0.15) is 0 Å². The van der Waals surface area contributed by atoms with Crippen LogP contribution >= 0.6 is 11.8 Å². The molecule has 0 bridgehead atoms. The summed E-state index contributed by atoms with van der Waals surface area (Å²) in [6, 6.07) is 8.38. The molecule has 1 aromatic carbocycles. The Hall–Kier alpha value is -0.630. The van der Waals surface area contributed by atoms with Crippen LogP contribution in [0.4, 0.5) is 5.69 Å². The van der Waals surface area contributed by atoms with Crippen LogP contribution in [-0.2, 0) is 0 Å². The first-order valence-corrected chi connectivity index (χ1v) is 5.95. The maximum Gasteiger partial charge on any atom is 0.0314 e. The van der Waals surface area contributed by atoms with Crippen molar-refractivity contribution in [2.24, 2.45) is 0 Å². The molecule has 1 saturated heterocycles. The number of rotatable bonds is 1. The molecule has 0 saturated carbocycles. The summed E-state index contributed by atoms with van der Waals surface area (Å²) in [4.78, 5) is 0. The van der Waals surface area contributed by atoms with Crippen molar-refractivity contribution in [2.45, 2.75) is 18.8 Å². The Kier molecular flexibility index (Phi) is 2.79. The van der Waals surface area contributed by atoms with Gasteiger partial charge in [-0.2, -0.15) is 11.8 Å². The monoisotopic (exact) mass is 193 g/mol. The maximum absolute atomic E-state index is 5.65. The minimum atomic E-state index is 0.779. The van der Waals surface area contributed by atoms with E-state index in [0.29, 0.717) is 0 Å². The fourth-order valence-electron chi connectivity index (χ4n) is 1.80. The number of nitrogen functional groups attached to an aromatic ring is 1. The Morgan fingerprint density at radius 1 is 1.08 bits per heavy atom. The second-order valence-electron chi connectivity index (χ2n) is 3.55. The average Bonchev–Trinajstić information content (AvgIpc) is 2.20. The van der Waals surface area contributed by atoms with Crippen molar-refractivity contribution in [3.63, 3.8) is 0 Å². The maximum atomic E-state index is 5.65. The minimum Gasteiger partial charge on any atom is -0.399 e. The Morgan fingerprint density at radius 3 is 2.31 bits per heavy atom. The first-order chi connectivity index (χ1) is 6.36. The van der Waals surface area contributed by atoms with E-state index in [0.717, 1.165) is 11.6 Å². The molecule has 0 atom stereocenters.